The number of nitrogens with two attached hydrogens (primary N) is 1. The second kappa shape index (κ2) is 3.44. The molecule has 1 heterocycles. The summed E-state index contributed by atoms with van der Waals surface area (Å²) in [4.78, 5) is 0. The fraction of sp³-hybridized carbons (Fsp3) is 0.250. The third-order valence-corrected chi connectivity index (χ3v) is 4.02. The molecule has 4 rings (SSSR count). The van der Waals surface area contributed by atoms with Crippen LogP contribution in [0.15, 0.2) is 36.4 Å². The van der Waals surface area contributed by atoms with Crippen molar-refractivity contribution >= 4 is 5.69 Å². The van der Waals surface area contributed by atoms with Gasteiger partial charge in [-0.3, -0.25) is 0 Å². The van der Waals surface area contributed by atoms with E-state index in [4.69, 9.17) is 15.2 Å². The molecule has 2 aromatic carbocycles. The summed E-state index contributed by atoms with van der Waals surface area (Å²) in [6.45, 7) is 0. The minimum atomic E-state index is -0.148. The van der Waals surface area contributed by atoms with E-state index in [2.05, 4.69) is 12.1 Å². The Bertz CT molecular complexity index is 674. The Morgan fingerprint density at radius 2 is 1.89 bits per heavy atom. The molecule has 2 N–H and O–H groups in total. The van der Waals surface area contributed by atoms with E-state index in [1.807, 2.05) is 24.3 Å². The normalized spacial score (nSPS) is 17.3. The molecular weight excluding hydrogens is 238 g/mol. The predicted octanol–water partition coefficient (Wildman–Crippen LogP) is 3.33. The molecule has 0 amide bonds. The van der Waals surface area contributed by atoms with Gasteiger partial charge in [0.05, 0.1) is 7.11 Å². The topological polar surface area (TPSA) is 44.5 Å². The first-order valence-electron chi connectivity index (χ1n) is 6.49. The van der Waals surface area contributed by atoms with Gasteiger partial charge in [-0.15, -0.1) is 0 Å². The lowest BCUT2D eigenvalue weighted by atomic mass is 9.91. The maximum Gasteiger partial charge on any atom is 0.135 e. The van der Waals surface area contributed by atoms with E-state index in [9.17, 15) is 0 Å². The summed E-state index contributed by atoms with van der Waals surface area (Å²) in [5, 5.41) is 0. The average Bonchev–Trinajstić information content (AvgIpc) is 3.18. The Morgan fingerprint density at radius 1 is 1.11 bits per heavy atom. The van der Waals surface area contributed by atoms with Gasteiger partial charge >= 0.3 is 0 Å². The maximum absolute atomic E-state index is 6.20. The zero-order chi connectivity index (χ0) is 13.0. The quantitative estimate of drug-likeness (QED) is 0.793. The van der Waals surface area contributed by atoms with E-state index >= 15 is 0 Å². The molecule has 1 saturated carbocycles. The number of nitrogen functional groups attached to an aromatic ring is 1. The Kier molecular flexibility index (Phi) is 1.94. The summed E-state index contributed by atoms with van der Waals surface area (Å²) in [6.07, 6.45) is 2.11. The third-order valence-electron chi connectivity index (χ3n) is 4.02. The zero-order valence-corrected chi connectivity index (χ0v) is 10.8. The van der Waals surface area contributed by atoms with Gasteiger partial charge in [-0.2, -0.15) is 0 Å². The summed E-state index contributed by atoms with van der Waals surface area (Å²) in [5.41, 5.74) is 10.0. The first-order valence-corrected chi connectivity index (χ1v) is 6.49. The van der Waals surface area contributed by atoms with Crippen LogP contribution in [0.5, 0.6) is 11.5 Å². The van der Waals surface area contributed by atoms with E-state index in [0.29, 0.717) is 0 Å². The van der Waals surface area contributed by atoms with Crippen LogP contribution in [-0.4, -0.2) is 7.11 Å². The molecule has 0 radical (unpaired) electrons. The van der Waals surface area contributed by atoms with E-state index < -0.39 is 0 Å². The maximum atomic E-state index is 6.20. The second-order valence-corrected chi connectivity index (χ2v) is 5.26. The van der Waals surface area contributed by atoms with E-state index in [-0.39, 0.29) is 5.60 Å². The fourth-order valence-corrected chi connectivity index (χ4v) is 2.86. The molecule has 0 atom stereocenters. The Labute approximate surface area is 112 Å². The number of fused-ring (bicyclic) bond motifs is 4. The predicted molar refractivity (Wildman–Crippen MR) is 74.4 cm³/mol. The van der Waals surface area contributed by atoms with Gasteiger partial charge in [0, 0.05) is 22.9 Å². The summed E-state index contributed by atoms with van der Waals surface area (Å²) in [7, 11) is 1.69. The van der Waals surface area contributed by atoms with E-state index in [1.54, 1.807) is 7.11 Å². The highest BCUT2D eigenvalue weighted by atomic mass is 16.5. The van der Waals surface area contributed by atoms with Crippen molar-refractivity contribution in [3.63, 3.8) is 0 Å². The first-order chi connectivity index (χ1) is 9.22. The van der Waals surface area contributed by atoms with Gasteiger partial charge in [-0.05, 0) is 42.7 Å². The van der Waals surface area contributed by atoms with Gasteiger partial charge in [0.15, 0.2) is 0 Å². The van der Waals surface area contributed by atoms with Crippen molar-refractivity contribution in [2.45, 2.75) is 18.4 Å². The van der Waals surface area contributed by atoms with Crippen molar-refractivity contribution in [2.24, 2.45) is 0 Å². The SMILES string of the molecule is COc1ccc2c(c1)C1(CC1)Oc1cc(N)ccc1-2. The van der Waals surface area contributed by atoms with Gasteiger partial charge in [0.2, 0.25) is 0 Å². The molecule has 0 aromatic heterocycles. The molecule has 3 nitrogen and oxygen atoms in total. The fourth-order valence-electron chi connectivity index (χ4n) is 2.86. The number of hydrogen-bond donors (Lipinski definition) is 1. The van der Waals surface area contributed by atoms with Gasteiger partial charge in [0.25, 0.3) is 0 Å². The van der Waals surface area contributed by atoms with Crippen LogP contribution in [0.4, 0.5) is 5.69 Å². The summed E-state index contributed by atoms with van der Waals surface area (Å²) in [6, 6.07) is 12.1. The minimum Gasteiger partial charge on any atom is -0.497 e. The molecule has 96 valence electrons. The molecule has 2 aromatic rings. The van der Waals surface area contributed by atoms with Crippen molar-refractivity contribution in [3.8, 4) is 22.6 Å². The van der Waals surface area contributed by atoms with Gasteiger partial charge in [-0.1, -0.05) is 6.07 Å². The van der Waals surface area contributed by atoms with Gasteiger partial charge < -0.3 is 15.2 Å². The molecule has 0 bridgehead atoms. The summed E-state index contributed by atoms with van der Waals surface area (Å²) >= 11 is 0. The van der Waals surface area contributed by atoms with Crippen LogP contribution in [0.1, 0.15) is 18.4 Å². The number of anilines is 1. The molecule has 1 aliphatic carbocycles. The molecule has 0 saturated heterocycles. The standard InChI is InChI=1S/C16H15NO2/c1-18-11-3-5-12-13-4-2-10(17)8-15(13)19-16(6-7-16)14(12)9-11/h2-5,8-9H,6-7,17H2,1H3. The first kappa shape index (κ1) is 10.7. The van der Waals surface area contributed by atoms with Crippen LogP contribution in [0.3, 0.4) is 0 Å². The molecule has 19 heavy (non-hydrogen) atoms. The van der Waals surface area contributed by atoms with Crippen LogP contribution >= 0.6 is 0 Å². The average molecular weight is 253 g/mol. The molecule has 2 aliphatic rings. The van der Waals surface area contributed by atoms with Crippen molar-refractivity contribution in [1.29, 1.82) is 0 Å². The van der Waals surface area contributed by atoms with Gasteiger partial charge in [0.1, 0.15) is 17.1 Å². The number of benzene rings is 2. The second-order valence-electron chi connectivity index (χ2n) is 5.26. The van der Waals surface area contributed by atoms with Gasteiger partial charge in [-0.25, -0.2) is 0 Å². The number of ether oxygens (including phenoxy) is 2. The monoisotopic (exact) mass is 253 g/mol. The molecule has 1 spiro atoms. The molecular formula is C16H15NO2. The van der Waals surface area contributed by atoms with Crippen LogP contribution in [-0.2, 0) is 5.60 Å². The Balaban J connectivity index is 1.97. The summed E-state index contributed by atoms with van der Waals surface area (Å²) < 4.78 is 11.5. The smallest absolute Gasteiger partial charge is 0.135 e. The lowest BCUT2D eigenvalue weighted by molar-refractivity contribution is 0.177. The number of rotatable bonds is 1. The Morgan fingerprint density at radius 3 is 2.63 bits per heavy atom. The molecule has 0 unspecified atom stereocenters. The van der Waals surface area contributed by atoms with Crippen molar-refractivity contribution in [1.82, 2.24) is 0 Å². The van der Waals surface area contributed by atoms with Crippen LogP contribution < -0.4 is 15.2 Å². The largest absolute Gasteiger partial charge is 0.497 e. The van der Waals surface area contributed by atoms with Crippen molar-refractivity contribution in [2.75, 3.05) is 12.8 Å². The highest BCUT2D eigenvalue weighted by molar-refractivity contribution is 5.79. The lowest BCUT2D eigenvalue weighted by Gasteiger charge is -2.29. The third kappa shape index (κ3) is 1.44. The minimum absolute atomic E-state index is 0.148. The highest BCUT2D eigenvalue weighted by Gasteiger charge is 2.51. The number of hydrogen-bond acceptors (Lipinski definition) is 3. The van der Waals surface area contributed by atoms with E-state index in [1.165, 1.54) is 11.1 Å². The van der Waals surface area contributed by atoms with Crippen LogP contribution in [0, 0.1) is 0 Å². The van der Waals surface area contributed by atoms with Crippen molar-refractivity contribution in [3.05, 3.63) is 42.0 Å². The van der Waals surface area contributed by atoms with Crippen LogP contribution in [0.25, 0.3) is 11.1 Å². The summed E-state index contributed by atoms with van der Waals surface area (Å²) in [5.74, 6) is 1.78. The molecule has 3 heteroatoms. The lowest BCUT2D eigenvalue weighted by Crippen LogP contribution is -2.21. The molecule has 1 aliphatic heterocycles. The Hall–Kier alpha value is -2.16. The van der Waals surface area contributed by atoms with E-state index in [0.717, 1.165) is 35.6 Å². The zero-order valence-electron chi connectivity index (χ0n) is 10.8. The highest BCUT2D eigenvalue weighted by Crippen LogP contribution is 2.57. The number of methoxy groups -OCH3 is 1. The molecule has 1 fully saturated rings. The van der Waals surface area contributed by atoms with Crippen LogP contribution in [0.2, 0.25) is 0 Å². The van der Waals surface area contributed by atoms with Crippen molar-refractivity contribution < 1.29 is 9.47 Å².